The lowest BCUT2D eigenvalue weighted by Gasteiger charge is -2.16. The van der Waals surface area contributed by atoms with Crippen LogP contribution in [-0.2, 0) is 6.54 Å². The van der Waals surface area contributed by atoms with Crippen molar-refractivity contribution < 1.29 is 4.52 Å². The maximum absolute atomic E-state index is 5.32. The summed E-state index contributed by atoms with van der Waals surface area (Å²) in [6.07, 6.45) is 4.61. The fourth-order valence-corrected chi connectivity index (χ4v) is 2.19. The minimum absolute atomic E-state index is 0.630. The normalized spacial score (nSPS) is 17.3. The van der Waals surface area contributed by atoms with Crippen molar-refractivity contribution in [3.8, 4) is 11.4 Å². The molecule has 1 N–H and O–H groups in total. The van der Waals surface area contributed by atoms with Crippen molar-refractivity contribution in [2.75, 3.05) is 26.2 Å². The van der Waals surface area contributed by atoms with Gasteiger partial charge in [0.2, 0.25) is 11.7 Å². The number of pyridine rings is 1. The third kappa shape index (κ3) is 3.15. The Morgan fingerprint density at radius 3 is 3.00 bits per heavy atom. The fourth-order valence-electron chi connectivity index (χ4n) is 2.19. The molecule has 3 rings (SSSR count). The van der Waals surface area contributed by atoms with Gasteiger partial charge in [-0.1, -0.05) is 5.16 Å². The highest BCUT2D eigenvalue weighted by Gasteiger charge is 2.14. The van der Waals surface area contributed by atoms with E-state index < -0.39 is 0 Å². The summed E-state index contributed by atoms with van der Waals surface area (Å²) in [7, 11) is 0. The number of aromatic nitrogens is 3. The van der Waals surface area contributed by atoms with E-state index in [1.807, 2.05) is 12.1 Å². The lowest BCUT2D eigenvalue weighted by atomic mass is 10.2. The van der Waals surface area contributed by atoms with Crippen LogP contribution in [0.2, 0.25) is 0 Å². The van der Waals surface area contributed by atoms with Gasteiger partial charge in [-0.25, -0.2) is 0 Å². The van der Waals surface area contributed by atoms with Crippen LogP contribution in [0.5, 0.6) is 0 Å². The van der Waals surface area contributed by atoms with Gasteiger partial charge in [0.25, 0.3) is 0 Å². The number of hydrogen-bond acceptors (Lipinski definition) is 6. The number of rotatable bonds is 3. The Kier molecular flexibility index (Phi) is 3.81. The summed E-state index contributed by atoms with van der Waals surface area (Å²) < 4.78 is 5.32. The molecular formula is C13H17N5O. The Bertz CT molecular complexity index is 505. The van der Waals surface area contributed by atoms with Crippen molar-refractivity contribution in [1.82, 2.24) is 25.3 Å². The molecular weight excluding hydrogens is 242 g/mol. The van der Waals surface area contributed by atoms with Gasteiger partial charge < -0.3 is 9.84 Å². The zero-order chi connectivity index (χ0) is 12.9. The highest BCUT2D eigenvalue weighted by molar-refractivity contribution is 5.52. The Labute approximate surface area is 111 Å². The molecule has 0 saturated carbocycles. The van der Waals surface area contributed by atoms with Crippen molar-refractivity contribution >= 4 is 0 Å². The molecule has 1 fully saturated rings. The lowest BCUT2D eigenvalue weighted by Crippen LogP contribution is -2.27. The SMILES string of the molecule is c1cc(-c2noc(CN3CCCNCC3)n2)ccn1. The molecule has 0 radical (unpaired) electrons. The van der Waals surface area contributed by atoms with Gasteiger partial charge in [0.15, 0.2) is 0 Å². The van der Waals surface area contributed by atoms with Crippen molar-refractivity contribution in [3.05, 3.63) is 30.4 Å². The van der Waals surface area contributed by atoms with Gasteiger partial charge in [0, 0.05) is 31.0 Å². The Morgan fingerprint density at radius 2 is 2.11 bits per heavy atom. The second kappa shape index (κ2) is 5.90. The molecule has 2 aromatic heterocycles. The molecule has 6 heteroatoms. The minimum atomic E-state index is 0.630. The first kappa shape index (κ1) is 12.3. The standard InChI is InChI=1S/C13H17N5O/c1-4-14-7-9-18(8-1)10-12-16-13(17-19-12)11-2-5-15-6-3-11/h2-3,5-6,14H,1,4,7-10H2. The van der Waals surface area contributed by atoms with Gasteiger partial charge in [0.05, 0.1) is 6.54 Å². The highest BCUT2D eigenvalue weighted by atomic mass is 16.5. The molecule has 1 aliphatic rings. The zero-order valence-electron chi connectivity index (χ0n) is 10.7. The average Bonchev–Trinajstić information content (AvgIpc) is 2.76. The summed E-state index contributed by atoms with van der Waals surface area (Å²) in [6.45, 7) is 4.92. The summed E-state index contributed by atoms with van der Waals surface area (Å²) in [5.41, 5.74) is 0.933. The molecule has 6 nitrogen and oxygen atoms in total. The molecule has 0 atom stereocenters. The Hall–Kier alpha value is -1.79. The minimum Gasteiger partial charge on any atom is -0.338 e. The summed E-state index contributed by atoms with van der Waals surface area (Å²) in [5.74, 6) is 1.30. The Balaban J connectivity index is 1.68. The summed E-state index contributed by atoms with van der Waals surface area (Å²) in [4.78, 5) is 10.8. The van der Waals surface area contributed by atoms with Crippen LogP contribution in [0.1, 0.15) is 12.3 Å². The van der Waals surface area contributed by atoms with E-state index in [0.717, 1.165) is 44.7 Å². The van der Waals surface area contributed by atoms with Crippen molar-refractivity contribution in [3.63, 3.8) is 0 Å². The smallest absolute Gasteiger partial charge is 0.241 e. The van der Waals surface area contributed by atoms with E-state index in [-0.39, 0.29) is 0 Å². The first-order chi connectivity index (χ1) is 9.42. The summed E-state index contributed by atoms with van der Waals surface area (Å²) in [5, 5.41) is 7.40. The second-order valence-corrected chi connectivity index (χ2v) is 4.63. The van der Waals surface area contributed by atoms with Gasteiger partial charge in [0.1, 0.15) is 0 Å². The van der Waals surface area contributed by atoms with E-state index in [2.05, 4.69) is 25.3 Å². The molecule has 0 aliphatic carbocycles. The quantitative estimate of drug-likeness (QED) is 0.884. The molecule has 3 heterocycles. The second-order valence-electron chi connectivity index (χ2n) is 4.63. The maximum atomic E-state index is 5.32. The molecule has 0 amide bonds. The van der Waals surface area contributed by atoms with E-state index in [0.29, 0.717) is 11.7 Å². The van der Waals surface area contributed by atoms with Gasteiger partial charge in [-0.05, 0) is 31.6 Å². The molecule has 100 valence electrons. The van der Waals surface area contributed by atoms with Crippen molar-refractivity contribution in [2.45, 2.75) is 13.0 Å². The molecule has 0 unspecified atom stereocenters. The van der Waals surface area contributed by atoms with Gasteiger partial charge in [-0.15, -0.1) is 0 Å². The topological polar surface area (TPSA) is 67.1 Å². The third-order valence-electron chi connectivity index (χ3n) is 3.20. The molecule has 1 aliphatic heterocycles. The monoisotopic (exact) mass is 259 g/mol. The van der Waals surface area contributed by atoms with Crippen molar-refractivity contribution in [2.24, 2.45) is 0 Å². The van der Waals surface area contributed by atoms with Gasteiger partial charge >= 0.3 is 0 Å². The first-order valence-corrected chi connectivity index (χ1v) is 6.58. The van der Waals surface area contributed by atoms with E-state index in [9.17, 15) is 0 Å². The van der Waals surface area contributed by atoms with Crippen molar-refractivity contribution in [1.29, 1.82) is 0 Å². The highest BCUT2D eigenvalue weighted by Crippen LogP contribution is 2.15. The number of nitrogens with one attached hydrogen (secondary N) is 1. The molecule has 19 heavy (non-hydrogen) atoms. The van der Waals surface area contributed by atoms with Gasteiger partial charge in [-0.2, -0.15) is 4.98 Å². The van der Waals surface area contributed by atoms with Crippen LogP contribution in [0, 0.1) is 0 Å². The van der Waals surface area contributed by atoms with Crippen LogP contribution >= 0.6 is 0 Å². The lowest BCUT2D eigenvalue weighted by molar-refractivity contribution is 0.239. The van der Waals surface area contributed by atoms with E-state index in [1.165, 1.54) is 0 Å². The first-order valence-electron chi connectivity index (χ1n) is 6.58. The third-order valence-corrected chi connectivity index (χ3v) is 3.20. The molecule has 1 saturated heterocycles. The van der Waals surface area contributed by atoms with Crippen LogP contribution < -0.4 is 5.32 Å². The zero-order valence-corrected chi connectivity index (χ0v) is 10.7. The van der Waals surface area contributed by atoms with Crippen LogP contribution in [0.25, 0.3) is 11.4 Å². The molecule has 2 aromatic rings. The predicted octanol–water partition coefficient (Wildman–Crippen LogP) is 0.927. The predicted molar refractivity (Wildman–Crippen MR) is 70.3 cm³/mol. The average molecular weight is 259 g/mol. The number of nitrogens with zero attached hydrogens (tertiary/aromatic N) is 4. The fraction of sp³-hybridized carbons (Fsp3) is 0.462. The molecule has 0 aromatic carbocycles. The number of hydrogen-bond donors (Lipinski definition) is 1. The van der Waals surface area contributed by atoms with E-state index in [1.54, 1.807) is 12.4 Å². The maximum Gasteiger partial charge on any atom is 0.241 e. The van der Waals surface area contributed by atoms with Crippen LogP contribution in [0.3, 0.4) is 0 Å². The summed E-state index contributed by atoms with van der Waals surface area (Å²) in [6, 6.07) is 3.76. The van der Waals surface area contributed by atoms with Crippen LogP contribution in [-0.4, -0.2) is 46.2 Å². The van der Waals surface area contributed by atoms with Crippen LogP contribution in [0.4, 0.5) is 0 Å². The van der Waals surface area contributed by atoms with E-state index >= 15 is 0 Å². The summed E-state index contributed by atoms with van der Waals surface area (Å²) >= 11 is 0. The molecule has 0 bridgehead atoms. The molecule has 0 spiro atoms. The van der Waals surface area contributed by atoms with E-state index in [4.69, 9.17) is 4.52 Å². The largest absolute Gasteiger partial charge is 0.338 e. The van der Waals surface area contributed by atoms with Crippen LogP contribution in [0.15, 0.2) is 29.0 Å². The van der Waals surface area contributed by atoms with Gasteiger partial charge in [-0.3, -0.25) is 9.88 Å². The Morgan fingerprint density at radius 1 is 1.21 bits per heavy atom.